The number of carbonyl (C=O) groups is 2. The van der Waals surface area contributed by atoms with Crippen molar-refractivity contribution < 1.29 is 19.4 Å². The van der Waals surface area contributed by atoms with E-state index in [2.05, 4.69) is 15.5 Å². The number of aromatic carboxylic acids is 1. The second-order valence-electron chi connectivity index (χ2n) is 5.52. The Morgan fingerprint density at radius 2 is 1.88 bits per heavy atom. The average Bonchev–Trinajstić information content (AvgIpc) is 2.88. The monoisotopic (exact) mass is 342 g/mol. The SMILES string of the molecule is CCOC(=O)c1c(C)[nH]c(/C(C)=N/Nc2ccc(C(=O)[O-])cc2)c1C. The molecule has 2 N–H and O–H groups in total. The summed E-state index contributed by atoms with van der Waals surface area (Å²) in [6, 6.07) is 6.06. The van der Waals surface area contributed by atoms with Crippen LogP contribution in [0, 0.1) is 13.8 Å². The van der Waals surface area contributed by atoms with Gasteiger partial charge in [-0.2, -0.15) is 5.10 Å². The first-order chi connectivity index (χ1) is 11.8. The van der Waals surface area contributed by atoms with Crippen LogP contribution in [0.5, 0.6) is 0 Å². The summed E-state index contributed by atoms with van der Waals surface area (Å²) >= 11 is 0. The molecule has 0 spiro atoms. The molecule has 0 bridgehead atoms. The number of nitrogens with zero attached hydrogens (tertiary/aromatic N) is 1. The highest BCUT2D eigenvalue weighted by molar-refractivity contribution is 6.03. The summed E-state index contributed by atoms with van der Waals surface area (Å²) in [4.78, 5) is 25.9. The van der Waals surface area contributed by atoms with Crippen LogP contribution in [0.15, 0.2) is 29.4 Å². The number of carbonyl (C=O) groups excluding carboxylic acids is 2. The minimum atomic E-state index is -1.23. The van der Waals surface area contributed by atoms with Gasteiger partial charge in [0.2, 0.25) is 0 Å². The van der Waals surface area contributed by atoms with Gasteiger partial charge in [0.25, 0.3) is 0 Å². The van der Waals surface area contributed by atoms with E-state index in [0.29, 0.717) is 23.6 Å². The number of nitrogens with one attached hydrogen (secondary N) is 2. The van der Waals surface area contributed by atoms with E-state index in [0.717, 1.165) is 17.0 Å². The molecule has 1 aromatic heterocycles. The second kappa shape index (κ2) is 7.65. The first kappa shape index (κ1) is 18.3. The van der Waals surface area contributed by atoms with Crippen LogP contribution in [0.4, 0.5) is 5.69 Å². The Morgan fingerprint density at radius 1 is 1.24 bits per heavy atom. The van der Waals surface area contributed by atoms with Crippen LogP contribution in [0.2, 0.25) is 0 Å². The predicted octanol–water partition coefficient (Wildman–Crippen LogP) is 2.01. The third-order valence-corrected chi connectivity index (χ3v) is 3.75. The molecule has 1 aromatic carbocycles. The molecule has 0 fully saturated rings. The molecule has 0 atom stereocenters. The number of ether oxygens (including phenoxy) is 1. The standard InChI is InChI=1S/C18H21N3O4/c1-5-25-18(24)15-10(2)16(19-11(15)3)12(4)20-21-14-8-6-13(7-9-14)17(22)23/h6-9,19,21H,5H2,1-4H3,(H,22,23)/p-1/b20-12+. The lowest BCUT2D eigenvalue weighted by atomic mass is 10.1. The van der Waals surface area contributed by atoms with Gasteiger partial charge in [-0.1, -0.05) is 12.1 Å². The van der Waals surface area contributed by atoms with Crippen LogP contribution in [-0.4, -0.2) is 29.2 Å². The molecule has 7 heteroatoms. The smallest absolute Gasteiger partial charge is 0.340 e. The van der Waals surface area contributed by atoms with Gasteiger partial charge in [-0.3, -0.25) is 5.43 Å². The molecule has 0 saturated heterocycles. The number of hydrogen-bond acceptors (Lipinski definition) is 6. The molecular formula is C18H20N3O4-. The maximum absolute atomic E-state index is 12.0. The molecule has 7 nitrogen and oxygen atoms in total. The molecule has 2 aromatic rings. The fourth-order valence-electron chi connectivity index (χ4n) is 2.51. The normalized spacial score (nSPS) is 11.3. The molecule has 0 unspecified atom stereocenters. The summed E-state index contributed by atoms with van der Waals surface area (Å²) < 4.78 is 5.07. The Balaban J connectivity index is 2.21. The number of carboxylic acids is 1. The average molecular weight is 342 g/mol. The molecule has 0 saturated carbocycles. The molecule has 2 rings (SSSR count). The zero-order chi connectivity index (χ0) is 18.6. The largest absolute Gasteiger partial charge is 0.545 e. The summed E-state index contributed by atoms with van der Waals surface area (Å²) in [5.74, 6) is -1.59. The number of carboxylic acid groups (broad SMARTS) is 1. The molecule has 25 heavy (non-hydrogen) atoms. The van der Waals surface area contributed by atoms with Gasteiger partial charge in [0.1, 0.15) is 0 Å². The van der Waals surface area contributed by atoms with Crippen molar-refractivity contribution in [3.05, 3.63) is 52.3 Å². The summed E-state index contributed by atoms with van der Waals surface area (Å²) in [7, 11) is 0. The fraction of sp³-hybridized carbons (Fsp3) is 0.278. The summed E-state index contributed by atoms with van der Waals surface area (Å²) in [5, 5.41) is 15.0. The van der Waals surface area contributed by atoms with Crippen molar-refractivity contribution in [1.29, 1.82) is 0 Å². The Bertz CT molecular complexity index is 820. The van der Waals surface area contributed by atoms with Gasteiger partial charge in [0, 0.05) is 5.69 Å². The molecule has 0 aliphatic rings. The van der Waals surface area contributed by atoms with Crippen molar-refractivity contribution in [3.8, 4) is 0 Å². The third-order valence-electron chi connectivity index (χ3n) is 3.75. The number of anilines is 1. The van der Waals surface area contributed by atoms with Gasteiger partial charge in [0.15, 0.2) is 0 Å². The van der Waals surface area contributed by atoms with Crippen molar-refractivity contribution in [2.75, 3.05) is 12.0 Å². The molecule has 1 heterocycles. The van der Waals surface area contributed by atoms with Gasteiger partial charge in [0.05, 0.1) is 35.2 Å². The number of aromatic nitrogens is 1. The molecule has 0 aliphatic carbocycles. The van der Waals surface area contributed by atoms with Crippen LogP contribution in [0.3, 0.4) is 0 Å². The number of aromatic amines is 1. The van der Waals surface area contributed by atoms with Gasteiger partial charge in [-0.15, -0.1) is 0 Å². The number of hydrazone groups is 1. The van der Waals surface area contributed by atoms with Crippen LogP contribution >= 0.6 is 0 Å². The van der Waals surface area contributed by atoms with Gasteiger partial charge >= 0.3 is 5.97 Å². The number of rotatable bonds is 6. The lowest BCUT2D eigenvalue weighted by Gasteiger charge is -2.06. The third kappa shape index (κ3) is 4.06. The Kier molecular flexibility index (Phi) is 5.59. The van der Waals surface area contributed by atoms with Crippen molar-refractivity contribution in [2.45, 2.75) is 27.7 Å². The summed E-state index contributed by atoms with van der Waals surface area (Å²) in [6.07, 6.45) is 0. The molecular weight excluding hydrogens is 322 g/mol. The lowest BCUT2D eigenvalue weighted by Crippen LogP contribution is -2.21. The zero-order valence-electron chi connectivity index (χ0n) is 14.6. The quantitative estimate of drug-likeness (QED) is 0.474. The maximum atomic E-state index is 12.0. The number of esters is 1. The maximum Gasteiger partial charge on any atom is 0.340 e. The Labute approximate surface area is 145 Å². The zero-order valence-corrected chi connectivity index (χ0v) is 14.6. The van der Waals surface area contributed by atoms with Crippen LogP contribution < -0.4 is 10.5 Å². The Morgan fingerprint density at radius 3 is 2.44 bits per heavy atom. The lowest BCUT2D eigenvalue weighted by molar-refractivity contribution is -0.255. The van der Waals surface area contributed by atoms with Crippen molar-refractivity contribution in [1.82, 2.24) is 4.98 Å². The van der Waals surface area contributed by atoms with Crippen molar-refractivity contribution in [2.24, 2.45) is 5.10 Å². The minimum absolute atomic E-state index is 0.0983. The Hall–Kier alpha value is -3.09. The molecule has 0 radical (unpaired) electrons. The second-order valence-corrected chi connectivity index (χ2v) is 5.52. The topological polar surface area (TPSA) is 107 Å². The van der Waals surface area contributed by atoms with Gasteiger partial charge in [-0.05, 0) is 51.0 Å². The predicted molar refractivity (Wildman–Crippen MR) is 92.8 cm³/mol. The summed E-state index contributed by atoms with van der Waals surface area (Å²) in [6.45, 7) is 7.52. The van der Waals surface area contributed by atoms with Crippen LogP contribution in [0.1, 0.15) is 51.5 Å². The van der Waals surface area contributed by atoms with E-state index in [4.69, 9.17) is 4.74 Å². The van der Waals surface area contributed by atoms with Crippen molar-refractivity contribution in [3.63, 3.8) is 0 Å². The van der Waals surface area contributed by atoms with E-state index in [9.17, 15) is 14.7 Å². The van der Waals surface area contributed by atoms with E-state index in [1.807, 2.05) is 13.8 Å². The fourth-order valence-corrected chi connectivity index (χ4v) is 2.51. The molecule has 0 aliphatic heterocycles. The minimum Gasteiger partial charge on any atom is -0.545 e. The van der Waals surface area contributed by atoms with E-state index >= 15 is 0 Å². The van der Waals surface area contributed by atoms with Crippen molar-refractivity contribution >= 4 is 23.3 Å². The van der Waals surface area contributed by atoms with Crippen LogP contribution in [0.25, 0.3) is 0 Å². The molecule has 132 valence electrons. The highest BCUT2D eigenvalue weighted by Crippen LogP contribution is 2.20. The highest BCUT2D eigenvalue weighted by atomic mass is 16.5. The number of aryl methyl sites for hydroxylation is 1. The van der Waals surface area contributed by atoms with E-state index in [-0.39, 0.29) is 11.5 Å². The van der Waals surface area contributed by atoms with Gasteiger partial charge < -0.3 is 19.6 Å². The van der Waals surface area contributed by atoms with E-state index < -0.39 is 5.97 Å². The number of hydrogen-bond donors (Lipinski definition) is 2. The number of H-pyrrole nitrogens is 1. The van der Waals surface area contributed by atoms with E-state index in [1.165, 1.54) is 12.1 Å². The first-order valence-electron chi connectivity index (χ1n) is 7.83. The summed E-state index contributed by atoms with van der Waals surface area (Å²) in [5.41, 5.74) is 6.99. The molecule has 0 amide bonds. The van der Waals surface area contributed by atoms with Crippen LogP contribution in [-0.2, 0) is 4.74 Å². The van der Waals surface area contributed by atoms with E-state index in [1.54, 1.807) is 26.0 Å². The first-order valence-corrected chi connectivity index (χ1v) is 7.83. The number of benzene rings is 1. The highest BCUT2D eigenvalue weighted by Gasteiger charge is 2.20. The van der Waals surface area contributed by atoms with Gasteiger partial charge in [-0.25, -0.2) is 4.79 Å².